The normalized spacial score (nSPS) is 26.9. The van der Waals surface area contributed by atoms with E-state index in [9.17, 15) is 0 Å². The van der Waals surface area contributed by atoms with Crippen LogP contribution in [-0.4, -0.2) is 26.4 Å². The standard InChI is InChI=1S/C15H23NO2S/c1-16-14(13-8-12(17-2)10-19-13)11-4-7-18-15(9-11)5-3-6-15/h8,10-11,14,16H,3-7,9H2,1-2H3. The van der Waals surface area contributed by atoms with Crippen molar-refractivity contribution in [1.29, 1.82) is 0 Å². The van der Waals surface area contributed by atoms with Crippen LogP contribution >= 0.6 is 11.3 Å². The third-order valence-electron chi connectivity index (χ3n) is 4.72. The van der Waals surface area contributed by atoms with E-state index < -0.39 is 0 Å². The van der Waals surface area contributed by atoms with E-state index in [1.165, 1.54) is 30.6 Å². The fourth-order valence-corrected chi connectivity index (χ4v) is 4.54. The van der Waals surface area contributed by atoms with Gasteiger partial charge in [-0.1, -0.05) is 0 Å². The van der Waals surface area contributed by atoms with E-state index in [-0.39, 0.29) is 5.60 Å². The van der Waals surface area contributed by atoms with Crippen LogP contribution in [0.25, 0.3) is 0 Å². The van der Waals surface area contributed by atoms with E-state index in [1.54, 1.807) is 18.4 Å². The zero-order valence-electron chi connectivity index (χ0n) is 11.8. The Bertz CT molecular complexity index is 428. The Labute approximate surface area is 119 Å². The molecular formula is C15H23NO2S. The van der Waals surface area contributed by atoms with Gasteiger partial charge < -0.3 is 14.8 Å². The van der Waals surface area contributed by atoms with Gasteiger partial charge in [-0.3, -0.25) is 0 Å². The monoisotopic (exact) mass is 281 g/mol. The van der Waals surface area contributed by atoms with Crippen LogP contribution in [-0.2, 0) is 4.74 Å². The van der Waals surface area contributed by atoms with Gasteiger partial charge in [-0.25, -0.2) is 0 Å². The van der Waals surface area contributed by atoms with Gasteiger partial charge in [0.05, 0.1) is 12.7 Å². The van der Waals surface area contributed by atoms with E-state index in [0.29, 0.717) is 12.0 Å². The minimum Gasteiger partial charge on any atom is -0.496 e. The Morgan fingerprint density at radius 2 is 2.37 bits per heavy atom. The number of nitrogens with one attached hydrogen (secondary N) is 1. The minimum absolute atomic E-state index is 0.222. The maximum absolute atomic E-state index is 6.04. The van der Waals surface area contributed by atoms with Crippen molar-refractivity contribution in [1.82, 2.24) is 5.32 Å². The third kappa shape index (κ3) is 2.54. The van der Waals surface area contributed by atoms with Gasteiger partial charge in [-0.05, 0) is 51.1 Å². The van der Waals surface area contributed by atoms with Gasteiger partial charge in [0.15, 0.2) is 0 Å². The number of rotatable bonds is 4. The fourth-order valence-electron chi connectivity index (χ4n) is 3.48. The Morgan fingerprint density at radius 1 is 1.53 bits per heavy atom. The lowest BCUT2D eigenvalue weighted by atomic mass is 9.70. The number of ether oxygens (including phenoxy) is 2. The number of hydrogen-bond acceptors (Lipinski definition) is 4. The lowest BCUT2D eigenvalue weighted by molar-refractivity contribution is -0.147. The van der Waals surface area contributed by atoms with Crippen LogP contribution in [0.2, 0.25) is 0 Å². The minimum atomic E-state index is 0.222. The second kappa shape index (κ2) is 5.43. The molecule has 1 N–H and O–H groups in total. The SMILES string of the molecule is CNC(c1cc(OC)cs1)C1CCOC2(CCC2)C1. The van der Waals surface area contributed by atoms with Gasteiger partial charge in [0.1, 0.15) is 5.75 Å². The summed E-state index contributed by atoms with van der Waals surface area (Å²) >= 11 is 1.80. The fraction of sp³-hybridized carbons (Fsp3) is 0.733. The summed E-state index contributed by atoms with van der Waals surface area (Å²) in [5, 5.41) is 5.61. The quantitative estimate of drug-likeness (QED) is 0.918. The van der Waals surface area contributed by atoms with Crippen LogP contribution in [0.5, 0.6) is 5.75 Å². The van der Waals surface area contributed by atoms with Crippen LogP contribution in [0.15, 0.2) is 11.4 Å². The Balaban J connectivity index is 1.74. The average molecular weight is 281 g/mol. The molecule has 0 aromatic carbocycles. The molecule has 2 heterocycles. The van der Waals surface area contributed by atoms with Crippen molar-refractivity contribution in [2.75, 3.05) is 20.8 Å². The molecule has 1 aromatic rings. The van der Waals surface area contributed by atoms with Crippen LogP contribution in [0, 0.1) is 5.92 Å². The molecule has 1 aromatic heterocycles. The average Bonchev–Trinajstić information content (AvgIpc) is 2.87. The molecule has 1 aliphatic carbocycles. The van der Waals surface area contributed by atoms with Crippen molar-refractivity contribution in [2.24, 2.45) is 5.92 Å². The molecule has 19 heavy (non-hydrogen) atoms. The summed E-state index contributed by atoms with van der Waals surface area (Å²) in [6, 6.07) is 2.62. The zero-order valence-corrected chi connectivity index (χ0v) is 12.6. The molecule has 1 saturated heterocycles. The van der Waals surface area contributed by atoms with Crippen molar-refractivity contribution in [2.45, 2.75) is 43.7 Å². The van der Waals surface area contributed by atoms with Gasteiger partial charge in [0.25, 0.3) is 0 Å². The summed E-state index contributed by atoms with van der Waals surface area (Å²) in [7, 11) is 3.80. The maximum Gasteiger partial charge on any atom is 0.129 e. The van der Waals surface area contributed by atoms with Crippen LogP contribution in [0.3, 0.4) is 0 Å². The Hall–Kier alpha value is -0.580. The smallest absolute Gasteiger partial charge is 0.129 e. The second-order valence-corrected chi connectivity index (χ2v) is 6.74. The summed E-state index contributed by atoms with van der Waals surface area (Å²) in [4.78, 5) is 1.39. The predicted molar refractivity (Wildman–Crippen MR) is 77.9 cm³/mol. The summed E-state index contributed by atoms with van der Waals surface area (Å²) in [6.07, 6.45) is 6.22. The zero-order chi connectivity index (χ0) is 13.3. The van der Waals surface area contributed by atoms with E-state index >= 15 is 0 Å². The predicted octanol–water partition coefficient (Wildman–Crippen LogP) is 3.37. The molecule has 2 aliphatic rings. The molecule has 1 spiro atoms. The summed E-state index contributed by atoms with van der Waals surface area (Å²) in [5.41, 5.74) is 0.222. The molecule has 0 bridgehead atoms. The Morgan fingerprint density at radius 3 is 2.95 bits per heavy atom. The highest BCUT2D eigenvalue weighted by Crippen LogP contribution is 2.47. The van der Waals surface area contributed by atoms with Crippen molar-refractivity contribution in [3.05, 3.63) is 16.3 Å². The first kappa shape index (κ1) is 13.4. The highest BCUT2D eigenvalue weighted by atomic mass is 32.1. The molecule has 3 rings (SSSR count). The van der Waals surface area contributed by atoms with Gasteiger partial charge >= 0.3 is 0 Å². The van der Waals surface area contributed by atoms with Crippen molar-refractivity contribution in [3.8, 4) is 5.75 Å². The molecule has 2 unspecified atom stereocenters. The summed E-state index contributed by atoms with van der Waals surface area (Å²) < 4.78 is 11.3. The van der Waals surface area contributed by atoms with Gasteiger partial charge in [0.2, 0.25) is 0 Å². The number of hydrogen-bond donors (Lipinski definition) is 1. The first-order valence-electron chi connectivity index (χ1n) is 7.20. The first-order chi connectivity index (χ1) is 9.26. The summed E-state index contributed by atoms with van der Waals surface area (Å²) in [6.45, 7) is 0.922. The summed E-state index contributed by atoms with van der Waals surface area (Å²) in [5.74, 6) is 1.66. The van der Waals surface area contributed by atoms with Crippen LogP contribution in [0.1, 0.15) is 43.0 Å². The first-order valence-corrected chi connectivity index (χ1v) is 8.08. The molecule has 106 valence electrons. The highest BCUT2D eigenvalue weighted by Gasteiger charge is 2.44. The molecule has 2 fully saturated rings. The van der Waals surface area contributed by atoms with E-state index in [0.717, 1.165) is 18.8 Å². The van der Waals surface area contributed by atoms with Crippen LogP contribution < -0.4 is 10.1 Å². The van der Waals surface area contributed by atoms with Gasteiger partial charge in [-0.15, -0.1) is 11.3 Å². The third-order valence-corrected chi connectivity index (χ3v) is 5.71. The van der Waals surface area contributed by atoms with Crippen molar-refractivity contribution < 1.29 is 9.47 Å². The van der Waals surface area contributed by atoms with E-state index in [1.807, 2.05) is 0 Å². The van der Waals surface area contributed by atoms with Gasteiger partial charge in [-0.2, -0.15) is 0 Å². The highest BCUT2D eigenvalue weighted by molar-refractivity contribution is 7.10. The molecule has 1 saturated carbocycles. The molecule has 1 aliphatic heterocycles. The molecule has 0 amide bonds. The lowest BCUT2D eigenvalue weighted by Crippen LogP contribution is -2.47. The molecular weight excluding hydrogens is 258 g/mol. The molecule has 2 atom stereocenters. The van der Waals surface area contributed by atoms with E-state index in [2.05, 4.69) is 23.8 Å². The number of thiophene rings is 1. The van der Waals surface area contributed by atoms with Crippen molar-refractivity contribution in [3.63, 3.8) is 0 Å². The largest absolute Gasteiger partial charge is 0.496 e. The second-order valence-electron chi connectivity index (χ2n) is 5.79. The lowest BCUT2D eigenvalue weighted by Gasteiger charge is -2.48. The number of methoxy groups -OCH3 is 1. The molecule has 0 radical (unpaired) electrons. The topological polar surface area (TPSA) is 30.5 Å². The van der Waals surface area contributed by atoms with Gasteiger partial charge in [0, 0.05) is 22.9 Å². The van der Waals surface area contributed by atoms with Crippen LogP contribution in [0.4, 0.5) is 0 Å². The maximum atomic E-state index is 6.04. The molecule has 4 heteroatoms. The van der Waals surface area contributed by atoms with Crippen molar-refractivity contribution >= 4 is 11.3 Å². The molecule has 3 nitrogen and oxygen atoms in total. The van der Waals surface area contributed by atoms with E-state index in [4.69, 9.17) is 9.47 Å². The Kier molecular flexibility index (Phi) is 3.83.